The first-order valence-electron chi connectivity index (χ1n) is 13.1. The first-order chi connectivity index (χ1) is 18.1. The van der Waals surface area contributed by atoms with Crippen molar-refractivity contribution in [2.75, 3.05) is 56.2 Å². The van der Waals surface area contributed by atoms with Gasteiger partial charge in [-0.05, 0) is 67.7 Å². The third-order valence-corrected chi connectivity index (χ3v) is 8.65. The summed E-state index contributed by atoms with van der Waals surface area (Å²) in [7, 11) is 0. The zero-order valence-electron chi connectivity index (χ0n) is 20.9. The van der Waals surface area contributed by atoms with Crippen LogP contribution in [0, 0.1) is 0 Å². The summed E-state index contributed by atoms with van der Waals surface area (Å²) in [6.45, 7) is 5.40. The SMILES string of the molecule is O=C(CN1CCCCC1)Nc1ccc2c(c1)Cc1cccc(-c3cc(N4CCOCC4)cc(=O)[nH]3)c1S2. The number of piperidine rings is 1. The molecule has 3 aliphatic heterocycles. The molecule has 2 fully saturated rings. The minimum absolute atomic E-state index is 0.0529. The number of carbonyl (C=O) groups excluding carboxylic acids is 1. The van der Waals surface area contributed by atoms with E-state index in [4.69, 9.17) is 4.74 Å². The standard InChI is InChI=1S/C29H32N4O3S/c34-27-18-23(33-11-13-36-14-12-33)17-25(31-27)24-6-4-5-20-15-21-16-22(7-8-26(21)37-29(20)24)30-28(35)19-32-9-2-1-3-10-32/h4-8,16-18H,1-3,9-15,19H2,(H,30,35)(H,31,34). The van der Waals surface area contributed by atoms with Crippen LogP contribution in [0.4, 0.5) is 11.4 Å². The zero-order chi connectivity index (χ0) is 25.2. The number of likely N-dealkylation sites (tertiary alicyclic amines) is 1. The lowest BCUT2D eigenvalue weighted by molar-refractivity contribution is -0.117. The second kappa shape index (κ2) is 10.7. The number of ether oxygens (including phenoxy) is 1. The van der Waals surface area contributed by atoms with Crippen molar-refractivity contribution in [3.63, 3.8) is 0 Å². The summed E-state index contributed by atoms with van der Waals surface area (Å²) in [5.74, 6) is 0.0529. The van der Waals surface area contributed by atoms with Crippen LogP contribution in [0.15, 0.2) is 63.1 Å². The van der Waals surface area contributed by atoms with Gasteiger partial charge in [-0.1, -0.05) is 36.4 Å². The normalized spacial score (nSPS) is 17.7. The summed E-state index contributed by atoms with van der Waals surface area (Å²) < 4.78 is 5.48. The molecule has 2 aromatic carbocycles. The van der Waals surface area contributed by atoms with Gasteiger partial charge < -0.3 is 19.9 Å². The summed E-state index contributed by atoms with van der Waals surface area (Å²) in [5.41, 5.74) is 6.00. The van der Waals surface area contributed by atoms with Crippen LogP contribution < -0.4 is 15.8 Å². The number of pyridine rings is 1. The van der Waals surface area contributed by atoms with E-state index in [2.05, 4.69) is 56.5 Å². The maximum Gasteiger partial charge on any atom is 0.250 e. The van der Waals surface area contributed by atoms with Crippen LogP contribution >= 0.6 is 11.8 Å². The van der Waals surface area contributed by atoms with E-state index >= 15 is 0 Å². The van der Waals surface area contributed by atoms with E-state index in [-0.39, 0.29) is 11.5 Å². The van der Waals surface area contributed by atoms with Crippen molar-refractivity contribution in [1.82, 2.24) is 9.88 Å². The summed E-state index contributed by atoms with van der Waals surface area (Å²) in [4.78, 5) is 35.1. The fraction of sp³-hybridized carbons (Fsp3) is 0.379. The molecule has 1 amide bonds. The van der Waals surface area contributed by atoms with Crippen LogP contribution in [0.5, 0.6) is 0 Å². The number of rotatable bonds is 5. The number of anilines is 2. The number of morpholine rings is 1. The molecule has 2 N–H and O–H groups in total. The van der Waals surface area contributed by atoms with Crippen molar-refractivity contribution >= 4 is 29.0 Å². The molecule has 192 valence electrons. The molecule has 0 radical (unpaired) electrons. The lowest BCUT2D eigenvalue weighted by Crippen LogP contribution is -2.36. The minimum Gasteiger partial charge on any atom is -0.378 e. The van der Waals surface area contributed by atoms with Gasteiger partial charge in [0.2, 0.25) is 11.5 Å². The number of carbonyl (C=O) groups is 1. The van der Waals surface area contributed by atoms with Crippen LogP contribution in [0.25, 0.3) is 11.3 Å². The van der Waals surface area contributed by atoms with E-state index < -0.39 is 0 Å². The number of aromatic amines is 1. The highest BCUT2D eigenvalue weighted by molar-refractivity contribution is 7.99. The molecule has 0 aliphatic carbocycles. The Labute approximate surface area is 221 Å². The molecule has 6 rings (SSSR count). The zero-order valence-corrected chi connectivity index (χ0v) is 21.7. The largest absolute Gasteiger partial charge is 0.378 e. The second-order valence-electron chi connectivity index (χ2n) is 10.00. The molecule has 0 atom stereocenters. The number of benzene rings is 2. The number of nitrogens with one attached hydrogen (secondary N) is 2. The van der Waals surface area contributed by atoms with Crippen molar-refractivity contribution in [2.24, 2.45) is 0 Å². The number of nitrogens with zero attached hydrogens (tertiary/aromatic N) is 2. The molecule has 3 aromatic rings. The third-order valence-electron chi connectivity index (χ3n) is 7.35. The number of hydrogen-bond acceptors (Lipinski definition) is 6. The topological polar surface area (TPSA) is 77.7 Å². The Bertz CT molecular complexity index is 1360. The van der Waals surface area contributed by atoms with Crippen molar-refractivity contribution in [3.05, 3.63) is 70.0 Å². The molecule has 7 nitrogen and oxygen atoms in total. The highest BCUT2D eigenvalue weighted by atomic mass is 32.2. The number of aromatic nitrogens is 1. The number of hydrogen-bond donors (Lipinski definition) is 2. The highest BCUT2D eigenvalue weighted by Gasteiger charge is 2.22. The predicted octanol–water partition coefficient (Wildman–Crippen LogP) is 4.36. The number of amides is 1. The molecule has 0 unspecified atom stereocenters. The Hall–Kier alpha value is -3.07. The van der Waals surface area contributed by atoms with Gasteiger partial charge in [0.1, 0.15) is 0 Å². The van der Waals surface area contributed by atoms with E-state index in [0.29, 0.717) is 19.8 Å². The van der Waals surface area contributed by atoms with Gasteiger partial charge in [-0.25, -0.2) is 0 Å². The minimum atomic E-state index is -0.0947. The molecular weight excluding hydrogens is 484 g/mol. The van der Waals surface area contributed by atoms with Crippen molar-refractivity contribution in [3.8, 4) is 11.3 Å². The first-order valence-corrected chi connectivity index (χ1v) is 14.0. The molecule has 37 heavy (non-hydrogen) atoms. The van der Waals surface area contributed by atoms with Crippen molar-refractivity contribution in [1.29, 1.82) is 0 Å². The van der Waals surface area contributed by atoms with Gasteiger partial charge in [0, 0.05) is 45.9 Å². The Morgan fingerprint density at radius 3 is 2.65 bits per heavy atom. The monoisotopic (exact) mass is 516 g/mol. The summed E-state index contributed by atoms with van der Waals surface area (Å²) in [6, 6.07) is 16.3. The average Bonchev–Trinajstić information content (AvgIpc) is 2.92. The third kappa shape index (κ3) is 5.46. The van der Waals surface area contributed by atoms with Crippen LogP contribution in [0.3, 0.4) is 0 Å². The lowest BCUT2D eigenvalue weighted by Gasteiger charge is -2.29. The molecule has 8 heteroatoms. The van der Waals surface area contributed by atoms with Crippen LogP contribution in [-0.4, -0.2) is 61.7 Å². The average molecular weight is 517 g/mol. The van der Waals surface area contributed by atoms with Gasteiger partial charge in [0.15, 0.2) is 0 Å². The van der Waals surface area contributed by atoms with E-state index in [1.54, 1.807) is 17.8 Å². The Morgan fingerprint density at radius 1 is 0.973 bits per heavy atom. The van der Waals surface area contributed by atoms with Crippen molar-refractivity contribution < 1.29 is 9.53 Å². The number of fused-ring (bicyclic) bond motifs is 2. The fourth-order valence-electron chi connectivity index (χ4n) is 5.47. The molecule has 3 aliphatic rings. The predicted molar refractivity (Wildman–Crippen MR) is 148 cm³/mol. The van der Waals surface area contributed by atoms with E-state index in [1.807, 2.05) is 6.07 Å². The van der Waals surface area contributed by atoms with Gasteiger partial charge in [-0.15, -0.1) is 0 Å². The van der Waals surface area contributed by atoms with Gasteiger partial charge in [0.25, 0.3) is 0 Å². The van der Waals surface area contributed by atoms with E-state index in [1.165, 1.54) is 40.2 Å². The molecule has 0 spiro atoms. The summed E-state index contributed by atoms with van der Waals surface area (Å²) in [6.07, 6.45) is 4.40. The first kappa shape index (κ1) is 24.3. The summed E-state index contributed by atoms with van der Waals surface area (Å²) in [5, 5.41) is 3.10. The van der Waals surface area contributed by atoms with Crippen LogP contribution in [0.2, 0.25) is 0 Å². The smallest absolute Gasteiger partial charge is 0.250 e. The Kier molecular flexibility index (Phi) is 7.04. The van der Waals surface area contributed by atoms with E-state index in [9.17, 15) is 9.59 Å². The summed E-state index contributed by atoms with van der Waals surface area (Å²) >= 11 is 1.73. The van der Waals surface area contributed by atoms with Crippen molar-refractivity contribution in [2.45, 2.75) is 35.5 Å². The molecule has 0 saturated carbocycles. The maximum absolute atomic E-state index is 12.6. The van der Waals surface area contributed by atoms with Gasteiger partial charge in [0.05, 0.1) is 25.5 Å². The number of H-pyrrole nitrogens is 1. The van der Waals surface area contributed by atoms with Crippen LogP contribution in [-0.2, 0) is 16.0 Å². The van der Waals surface area contributed by atoms with Gasteiger partial charge in [-0.2, -0.15) is 0 Å². The Balaban J connectivity index is 1.22. The molecular formula is C29H32N4O3S. The molecule has 2 saturated heterocycles. The molecule has 4 heterocycles. The highest BCUT2D eigenvalue weighted by Crippen LogP contribution is 2.45. The lowest BCUT2D eigenvalue weighted by atomic mass is 9.99. The second-order valence-corrected chi connectivity index (χ2v) is 11.0. The van der Waals surface area contributed by atoms with Gasteiger partial charge in [-0.3, -0.25) is 14.5 Å². The van der Waals surface area contributed by atoms with E-state index in [0.717, 1.165) is 55.2 Å². The maximum atomic E-state index is 12.6. The van der Waals surface area contributed by atoms with Gasteiger partial charge >= 0.3 is 0 Å². The Morgan fingerprint density at radius 2 is 1.81 bits per heavy atom. The van der Waals surface area contributed by atoms with Crippen LogP contribution in [0.1, 0.15) is 30.4 Å². The quantitative estimate of drug-likeness (QED) is 0.411. The molecule has 1 aromatic heterocycles. The molecule has 0 bridgehead atoms. The fourth-order valence-corrected chi connectivity index (χ4v) is 6.64.